The number of methoxy groups -OCH3 is 1. The van der Waals surface area contributed by atoms with Crippen molar-refractivity contribution >= 4 is 79.0 Å². The van der Waals surface area contributed by atoms with Crippen LogP contribution >= 0.6 is 34.9 Å². The first-order valence-electron chi connectivity index (χ1n) is 15.8. The third kappa shape index (κ3) is 7.99. The van der Waals surface area contributed by atoms with Gasteiger partial charge in [-0.25, -0.2) is 4.98 Å². The van der Waals surface area contributed by atoms with E-state index in [1.54, 1.807) is 19.2 Å². The number of rotatable bonds is 13. The van der Waals surface area contributed by atoms with Crippen molar-refractivity contribution in [2.75, 3.05) is 29.2 Å². The number of carbonyl (C=O) groups excluding carboxylic acids is 2. The number of thioether (sulfide) groups is 2. The van der Waals surface area contributed by atoms with Crippen molar-refractivity contribution in [1.29, 1.82) is 0 Å². The number of ether oxygens (including phenoxy) is 1. The van der Waals surface area contributed by atoms with Crippen LogP contribution in [0.5, 0.6) is 5.75 Å². The Kier molecular flexibility index (Phi) is 10.4. The molecule has 0 fully saturated rings. The van der Waals surface area contributed by atoms with Crippen molar-refractivity contribution in [3.05, 3.63) is 132 Å². The lowest BCUT2D eigenvalue weighted by molar-refractivity contribution is -0.114. The van der Waals surface area contributed by atoms with Crippen LogP contribution in [0, 0.1) is 0 Å². The van der Waals surface area contributed by atoms with Gasteiger partial charge in [-0.05, 0) is 52.2 Å². The minimum absolute atomic E-state index is 0.147. The number of nitrogens with zero attached hydrogens (tertiary/aromatic N) is 4. The molecule has 50 heavy (non-hydrogen) atoms. The fourth-order valence-corrected chi connectivity index (χ4v) is 8.19. The van der Waals surface area contributed by atoms with Crippen LogP contribution < -0.4 is 15.4 Å². The van der Waals surface area contributed by atoms with Crippen molar-refractivity contribution in [2.45, 2.75) is 22.5 Å². The summed E-state index contributed by atoms with van der Waals surface area (Å²) in [5.74, 6) is 1.53. The predicted molar refractivity (Wildman–Crippen MR) is 204 cm³/mol. The predicted octanol–water partition coefficient (Wildman–Crippen LogP) is 8.15. The van der Waals surface area contributed by atoms with E-state index in [4.69, 9.17) is 4.74 Å². The summed E-state index contributed by atoms with van der Waals surface area (Å²) in [6.07, 6.45) is 0.621. The number of para-hydroxylation sites is 2. The maximum absolute atomic E-state index is 13.2. The van der Waals surface area contributed by atoms with Crippen LogP contribution in [0.15, 0.2) is 125 Å². The zero-order valence-corrected chi connectivity index (χ0v) is 29.5. The van der Waals surface area contributed by atoms with Crippen LogP contribution in [0.4, 0.5) is 11.4 Å². The summed E-state index contributed by atoms with van der Waals surface area (Å²) in [6, 6.07) is 37.8. The molecule has 0 radical (unpaired) electrons. The molecule has 0 saturated carbocycles. The van der Waals surface area contributed by atoms with Crippen molar-refractivity contribution in [3.63, 3.8) is 0 Å². The molecule has 0 atom stereocenters. The minimum atomic E-state index is -0.149. The zero-order chi connectivity index (χ0) is 34.3. The molecule has 2 heterocycles. The second kappa shape index (κ2) is 15.6. The zero-order valence-electron chi connectivity index (χ0n) is 27.0. The average molecular weight is 717 g/mol. The first kappa shape index (κ1) is 33.3. The SMILES string of the molecule is COc1ccccc1NC(=O)CSc1nc2ccc(NC(=O)CSc3nnc(Cc4cccc5ccccc45)n3Cc3ccccc3)cc2s1. The number of nitrogens with one attached hydrogen (secondary N) is 2. The summed E-state index contributed by atoms with van der Waals surface area (Å²) in [4.78, 5) is 30.4. The van der Waals surface area contributed by atoms with Crippen molar-refractivity contribution in [3.8, 4) is 5.75 Å². The topological polar surface area (TPSA) is 111 Å². The van der Waals surface area contributed by atoms with Crippen LogP contribution in [0.1, 0.15) is 17.0 Å². The molecule has 0 bridgehead atoms. The normalized spacial score (nSPS) is 11.1. The lowest BCUT2D eigenvalue weighted by Gasteiger charge is -2.12. The average Bonchev–Trinajstić information content (AvgIpc) is 3.73. The molecule has 0 aliphatic heterocycles. The number of anilines is 2. The summed E-state index contributed by atoms with van der Waals surface area (Å²) in [6.45, 7) is 0.600. The number of carbonyl (C=O) groups is 2. The van der Waals surface area contributed by atoms with Gasteiger partial charge in [0.15, 0.2) is 9.50 Å². The Morgan fingerprint density at radius 1 is 0.800 bits per heavy atom. The summed E-state index contributed by atoms with van der Waals surface area (Å²) in [5.41, 5.74) is 4.42. The van der Waals surface area contributed by atoms with E-state index in [1.165, 1.54) is 51.2 Å². The van der Waals surface area contributed by atoms with Crippen LogP contribution in [-0.4, -0.2) is 50.2 Å². The molecule has 0 aliphatic carbocycles. The smallest absolute Gasteiger partial charge is 0.234 e. The van der Waals surface area contributed by atoms with Gasteiger partial charge in [0.25, 0.3) is 0 Å². The number of hydrogen-bond acceptors (Lipinski definition) is 9. The van der Waals surface area contributed by atoms with Crippen LogP contribution in [0.3, 0.4) is 0 Å². The number of hydrogen-bond donors (Lipinski definition) is 2. The number of aromatic nitrogens is 4. The molecule has 2 aromatic heterocycles. The van der Waals surface area contributed by atoms with E-state index in [2.05, 4.69) is 78.9 Å². The highest BCUT2D eigenvalue weighted by atomic mass is 32.2. The molecule has 250 valence electrons. The molecule has 2 amide bonds. The van der Waals surface area contributed by atoms with Gasteiger partial charge in [0.05, 0.1) is 41.1 Å². The summed E-state index contributed by atoms with van der Waals surface area (Å²) >= 11 is 4.21. The van der Waals surface area contributed by atoms with Crippen LogP contribution in [-0.2, 0) is 22.6 Å². The fourth-order valence-electron chi connectivity index (χ4n) is 5.53. The first-order valence-corrected chi connectivity index (χ1v) is 18.6. The lowest BCUT2D eigenvalue weighted by atomic mass is 10.0. The highest BCUT2D eigenvalue weighted by Crippen LogP contribution is 2.32. The molecule has 2 N–H and O–H groups in total. The van der Waals surface area contributed by atoms with Gasteiger partial charge in [-0.15, -0.1) is 21.5 Å². The third-order valence-electron chi connectivity index (χ3n) is 7.90. The maximum Gasteiger partial charge on any atom is 0.234 e. The second-order valence-corrected chi connectivity index (χ2v) is 14.5. The number of thiazole rings is 1. The molecule has 7 aromatic rings. The first-order chi connectivity index (χ1) is 24.5. The van der Waals surface area contributed by atoms with E-state index in [0.717, 1.165) is 25.9 Å². The standard InChI is InChI=1S/C38H32N6O3S3/c1-47-32-17-8-7-16-30(32)40-36(46)24-49-38-41-31-19-18-28(21-33(31)50-38)39-35(45)23-48-37-43-42-34(44(37)22-25-10-3-2-4-11-25)20-27-14-9-13-26-12-5-6-15-29(26)27/h2-19,21H,20,22-24H2,1H3,(H,39,45)(H,40,46). The molecule has 12 heteroatoms. The van der Waals surface area contributed by atoms with E-state index in [1.807, 2.05) is 54.6 Å². The molecule has 9 nitrogen and oxygen atoms in total. The highest BCUT2D eigenvalue weighted by Gasteiger charge is 2.17. The lowest BCUT2D eigenvalue weighted by Crippen LogP contribution is -2.15. The molecule has 0 spiro atoms. The largest absolute Gasteiger partial charge is 0.495 e. The Morgan fingerprint density at radius 3 is 2.44 bits per heavy atom. The van der Waals surface area contributed by atoms with E-state index >= 15 is 0 Å². The second-order valence-electron chi connectivity index (χ2n) is 11.3. The van der Waals surface area contributed by atoms with Crippen LogP contribution in [0.25, 0.3) is 21.0 Å². The van der Waals surface area contributed by atoms with Crippen molar-refractivity contribution in [1.82, 2.24) is 19.7 Å². The Bertz CT molecular complexity index is 2280. The minimum Gasteiger partial charge on any atom is -0.495 e. The summed E-state index contributed by atoms with van der Waals surface area (Å²) in [5, 5.41) is 18.1. The maximum atomic E-state index is 13.2. The van der Waals surface area contributed by atoms with Gasteiger partial charge in [0, 0.05) is 12.1 Å². The fraction of sp³-hybridized carbons (Fsp3) is 0.132. The quantitative estimate of drug-likeness (QED) is 0.115. The van der Waals surface area contributed by atoms with E-state index in [0.29, 0.717) is 35.2 Å². The molecule has 7 rings (SSSR count). The molecular weight excluding hydrogens is 685 g/mol. The van der Waals surface area contributed by atoms with Crippen molar-refractivity contribution in [2.24, 2.45) is 0 Å². The van der Waals surface area contributed by atoms with Crippen LogP contribution in [0.2, 0.25) is 0 Å². The third-order valence-corrected chi connectivity index (χ3v) is 11.0. The highest BCUT2D eigenvalue weighted by molar-refractivity contribution is 8.01. The molecular formula is C38H32N6O3S3. The van der Waals surface area contributed by atoms with Gasteiger partial charge >= 0.3 is 0 Å². The van der Waals surface area contributed by atoms with Gasteiger partial charge in [-0.3, -0.25) is 9.59 Å². The number of fused-ring (bicyclic) bond motifs is 2. The van der Waals surface area contributed by atoms with E-state index < -0.39 is 0 Å². The van der Waals surface area contributed by atoms with Gasteiger partial charge in [0.2, 0.25) is 11.8 Å². The molecule has 0 aliphatic rings. The van der Waals surface area contributed by atoms with Gasteiger partial charge in [-0.1, -0.05) is 108 Å². The van der Waals surface area contributed by atoms with Gasteiger partial charge < -0.3 is 19.9 Å². The van der Waals surface area contributed by atoms with Gasteiger partial charge in [0.1, 0.15) is 11.6 Å². The van der Waals surface area contributed by atoms with E-state index in [-0.39, 0.29) is 23.3 Å². The summed E-state index contributed by atoms with van der Waals surface area (Å²) < 4.78 is 9.11. The summed E-state index contributed by atoms with van der Waals surface area (Å²) in [7, 11) is 1.57. The van der Waals surface area contributed by atoms with Gasteiger partial charge in [-0.2, -0.15) is 0 Å². The monoisotopic (exact) mass is 716 g/mol. The number of amides is 2. The van der Waals surface area contributed by atoms with Crippen molar-refractivity contribution < 1.29 is 14.3 Å². The Balaban J connectivity index is 0.996. The Labute approximate surface area is 301 Å². The number of benzene rings is 5. The Morgan fingerprint density at radius 2 is 1.56 bits per heavy atom. The molecule has 0 saturated heterocycles. The molecule has 0 unspecified atom stereocenters. The Hall–Kier alpha value is -5.17. The molecule has 5 aromatic carbocycles. The van der Waals surface area contributed by atoms with E-state index in [9.17, 15) is 9.59 Å².